The number of hydrogen-bond acceptors (Lipinski definition) is 5. The van der Waals surface area contributed by atoms with Gasteiger partial charge in [0.15, 0.2) is 0 Å². The van der Waals surface area contributed by atoms with E-state index in [1.54, 1.807) is 50.7 Å². The van der Waals surface area contributed by atoms with E-state index in [2.05, 4.69) is 4.98 Å². The molecule has 0 radical (unpaired) electrons. The Morgan fingerprint density at radius 3 is 2.56 bits per heavy atom. The minimum Gasteiger partial charge on any atom is -0.495 e. The number of nitrogens with zero attached hydrogens (tertiary/aromatic N) is 1. The Balaban J connectivity index is 2.03. The molecule has 0 spiro atoms. The van der Waals surface area contributed by atoms with Gasteiger partial charge in [0.1, 0.15) is 5.75 Å². The number of aryl methyl sites for hydroxylation is 1. The molecule has 0 saturated carbocycles. The molecule has 5 nitrogen and oxygen atoms in total. The van der Waals surface area contributed by atoms with Gasteiger partial charge >= 0.3 is 0 Å². The van der Waals surface area contributed by atoms with Crippen LogP contribution in [-0.4, -0.2) is 26.6 Å². The summed E-state index contributed by atoms with van der Waals surface area (Å²) in [5.74, 6) is 0.677. The molecule has 25 heavy (non-hydrogen) atoms. The van der Waals surface area contributed by atoms with Crippen molar-refractivity contribution in [3.05, 3.63) is 59.9 Å². The average molecular weight is 361 g/mol. The zero-order valence-corrected chi connectivity index (χ0v) is 15.7. The molecule has 1 unspecified atom stereocenters. The molecule has 6 heteroatoms. The molecule has 1 atom stereocenters. The van der Waals surface area contributed by atoms with Crippen LogP contribution in [0.5, 0.6) is 5.75 Å². The first kappa shape index (κ1) is 19.1. The summed E-state index contributed by atoms with van der Waals surface area (Å²) < 4.78 is 35.0. The Morgan fingerprint density at radius 2 is 1.92 bits per heavy atom. The van der Waals surface area contributed by atoms with Gasteiger partial charge in [0.2, 0.25) is 0 Å². The standard InChI is InChI=1S/C19H23NO4S/c1-14-5-9-19(10-6-14)25(21,22)24-16(3)8-7-15(2)17-11-18(23-4)13-20-12-17/h5-7,9-13,16H,8H2,1-4H3. The van der Waals surface area contributed by atoms with Gasteiger partial charge in [-0.25, -0.2) is 0 Å². The van der Waals surface area contributed by atoms with Crippen LogP contribution >= 0.6 is 0 Å². The van der Waals surface area contributed by atoms with E-state index < -0.39 is 16.2 Å². The van der Waals surface area contributed by atoms with Crippen molar-refractivity contribution in [2.75, 3.05) is 7.11 Å². The third-order valence-electron chi connectivity index (χ3n) is 3.76. The predicted molar refractivity (Wildman–Crippen MR) is 98.0 cm³/mol. The third-order valence-corrected chi connectivity index (χ3v) is 5.19. The molecule has 0 saturated heterocycles. The maximum atomic E-state index is 12.3. The first-order valence-corrected chi connectivity index (χ1v) is 9.39. The van der Waals surface area contributed by atoms with Crippen molar-refractivity contribution < 1.29 is 17.3 Å². The van der Waals surface area contributed by atoms with Gasteiger partial charge in [-0.1, -0.05) is 23.8 Å². The molecule has 0 aliphatic carbocycles. The molecule has 0 aliphatic rings. The van der Waals surface area contributed by atoms with Crippen LogP contribution in [-0.2, 0) is 14.3 Å². The number of rotatable bonds is 7. The molecule has 0 bridgehead atoms. The minimum atomic E-state index is -3.76. The quantitative estimate of drug-likeness (QED) is 0.698. The normalized spacial score (nSPS) is 13.5. The number of allylic oxidation sites excluding steroid dienone is 1. The summed E-state index contributed by atoms with van der Waals surface area (Å²) in [5, 5.41) is 0. The smallest absolute Gasteiger partial charge is 0.297 e. The number of aromatic nitrogens is 1. The summed E-state index contributed by atoms with van der Waals surface area (Å²) in [6.45, 7) is 5.58. The Labute approximate surface area is 149 Å². The monoisotopic (exact) mass is 361 g/mol. The Morgan fingerprint density at radius 1 is 1.24 bits per heavy atom. The lowest BCUT2D eigenvalue weighted by Gasteiger charge is -2.12. The molecule has 0 amide bonds. The van der Waals surface area contributed by atoms with Crippen molar-refractivity contribution in [3.8, 4) is 5.75 Å². The fraction of sp³-hybridized carbons (Fsp3) is 0.316. The van der Waals surface area contributed by atoms with Crippen molar-refractivity contribution in [2.45, 2.75) is 38.2 Å². The first-order valence-electron chi connectivity index (χ1n) is 7.98. The minimum absolute atomic E-state index is 0.169. The van der Waals surface area contributed by atoms with Crippen LogP contribution in [0.4, 0.5) is 0 Å². The second kappa shape index (κ2) is 8.27. The molecule has 0 N–H and O–H groups in total. The Kier molecular flexibility index (Phi) is 6.33. The molecule has 1 heterocycles. The highest BCUT2D eigenvalue weighted by molar-refractivity contribution is 7.86. The van der Waals surface area contributed by atoms with Gasteiger partial charge in [0.25, 0.3) is 10.1 Å². The zero-order chi connectivity index (χ0) is 18.4. The van der Waals surface area contributed by atoms with Crippen LogP contribution in [0.3, 0.4) is 0 Å². The average Bonchev–Trinajstić information content (AvgIpc) is 2.59. The zero-order valence-electron chi connectivity index (χ0n) is 14.9. The van der Waals surface area contributed by atoms with E-state index in [9.17, 15) is 8.42 Å². The van der Waals surface area contributed by atoms with Gasteiger partial charge < -0.3 is 4.74 Å². The lowest BCUT2D eigenvalue weighted by atomic mass is 10.1. The van der Waals surface area contributed by atoms with Gasteiger partial charge in [-0.05, 0) is 56.5 Å². The maximum absolute atomic E-state index is 12.3. The summed E-state index contributed by atoms with van der Waals surface area (Å²) in [6.07, 6.45) is 5.30. The second-order valence-electron chi connectivity index (χ2n) is 5.91. The van der Waals surface area contributed by atoms with Crippen molar-refractivity contribution >= 4 is 15.7 Å². The molecular weight excluding hydrogens is 338 g/mol. The molecule has 134 valence electrons. The third kappa shape index (κ3) is 5.41. The van der Waals surface area contributed by atoms with E-state index in [1.165, 1.54) is 0 Å². The van der Waals surface area contributed by atoms with Crippen LogP contribution in [0.25, 0.3) is 5.57 Å². The number of pyridine rings is 1. The number of methoxy groups -OCH3 is 1. The summed E-state index contributed by atoms with van der Waals surface area (Å²) >= 11 is 0. The van der Waals surface area contributed by atoms with E-state index in [-0.39, 0.29) is 4.90 Å². The van der Waals surface area contributed by atoms with Crippen LogP contribution in [0.15, 0.2) is 53.7 Å². The predicted octanol–water partition coefficient (Wildman–Crippen LogP) is 3.99. The fourth-order valence-electron chi connectivity index (χ4n) is 2.22. The maximum Gasteiger partial charge on any atom is 0.297 e. The Bertz CT molecular complexity index is 842. The van der Waals surface area contributed by atoms with Gasteiger partial charge in [-0.15, -0.1) is 0 Å². The van der Waals surface area contributed by atoms with Crippen LogP contribution < -0.4 is 4.74 Å². The molecule has 0 aliphatic heterocycles. The largest absolute Gasteiger partial charge is 0.495 e. The lowest BCUT2D eigenvalue weighted by molar-refractivity contribution is 0.232. The summed E-state index contributed by atoms with van der Waals surface area (Å²) in [7, 11) is -2.17. The number of ether oxygens (including phenoxy) is 1. The molecule has 1 aromatic heterocycles. The topological polar surface area (TPSA) is 65.5 Å². The van der Waals surface area contributed by atoms with Crippen molar-refractivity contribution in [1.82, 2.24) is 4.98 Å². The van der Waals surface area contributed by atoms with Crippen molar-refractivity contribution in [3.63, 3.8) is 0 Å². The lowest BCUT2D eigenvalue weighted by Crippen LogP contribution is -2.15. The highest BCUT2D eigenvalue weighted by Crippen LogP contribution is 2.21. The molecule has 2 aromatic rings. The van der Waals surface area contributed by atoms with Crippen molar-refractivity contribution in [2.24, 2.45) is 0 Å². The molecule has 1 aromatic carbocycles. The van der Waals surface area contributed by atoms with Gasteiger partial charge in [0, 0.05) is 6.20 Å². The number of hydrogen-bond donors (Lipinski definition) is 0. The first-order chi connectivity index (χ1) is 11.8. The Hall–Kier alpha value is -2.18. The fourth-order valence-corrected chi connectivity index (χ4v) is 3.31. The molecule has 0 fully saturated rings. The SMILES string of the molecule is COc1cncc(C(C)=CCC(C)OS(=O)(=O)c2ccc(C)cc2)c1. The highest BCUT2D eigenvalue weighted by Gasteiger charge is 2.18. The van der Waals surface area contributed by atoms with Crippen LogP contribution in [0, 0.1) is 6.92 Å². The molecule has 2 rings (SSSR count). The second-order valence-corrected chi connectivity index (χ2v) is 7.48. The van der Waals surface area contributed by atoms with Crippen molar-refractivity contribution in [1.29, 1.82) is 0 Å². The van der Waals surface area contributed by atoms with E-state index in [1.807, 2.05) is 26.0 Å². The van der Waals surface area contributed by atoms with Gasteiger partial charge in [-0.3, -0.25) is 9.17 Å². The van der Waals surface area contributed by atoms with E-state index >= 15 is 0 Å². The van der Waals surface area contributed by atoms with E-state index in [4.69, 9.17) is 8.92 Å². The van der Waals surface area contributed by atoms with Gasteiger partial charge in [0.05, 0.1) is 24.3 Å². The van der Waals surface area contributed by atoms with Gasteiger partial charge in [-0.2, -0.15) is 8.42 Å². The van der Waals surface area contributed by atoms with E-state index in [0.29, 0.717) is 12.2 Å². The summed E-state index contributed by atoms with van der Waals surface area (Å²) in [5.41, 5.74) is 2.90. The summed E-state index contributed by atoms with van der Waals surface area (Å²) in [4.78, 5) is 4.29. The van der Waals surface area contributed by atoms with E-state index in [0.717, 1.165) is 16.7 Å². The summed E-state index contributed by atoms with van der Waals surface area (Å²) in [6, 6.07) is 8.50. The molecular formula is C19H23NO4S. The number of benzene rings is 1. The highest BCUT2D eigenvalue weighted by atomic mass is 32.2. The van der Waals surface area contributed by atoms with Crippen LogP contribution in [0.2, 0.25) is 0 Å². The van der Waals surface area contributed by atoms with Crippen LogP contribution in [0.1, 0.15) is 31.4 Å².